The van der Waals surface area contributed by atoms with Crippen LogP contribution in [-0.4, -0.2) is 42.4 Å². The third kappa shape index (κ3) is 5.95. The van der Waals surface area contributed by atoms with Crippen LogP contribution in [0, 0.1) is 39.9 Å². The lowest BCUT2D eigenvalue weighted by Gasteiger charge is -2.69. The summed E-state index contributed by atoms with van der Waals surface area (Å²) in [6, 6.07) is 11.1. The summed E-state index contributed by atoms with van der Waals surface area (Å²) in [5.41, 5.74) is 3.63. The van der Waals surface area contributed by atoms with Crippen LogP contribution in [0.3, 0.4) is 0 Å². The van der Waals surface area contributed by atoms with Gasteiger partial charge in [-0.2, -0.15) is 0 Å². The minimum absolute atomic E-state index is 0.00274. The largest absolute Gasteiger partial charge is 0.466 e. The van der Waals surface area contributed by atoms with Gasteiger partial charge in [-0.1, -0.05) is 69.7 Å². The second kappa shape index (κ2) is 13.0. The van der Waals surface area contributed by atoms with Crippen LogP contribution >= 0.6 is 0 Å². The molecule has 4 fully saturated rings. The maximum absolute atomic E-state index is 13.4. The molecular formula is C39H57NO5. The van der Waals surface area contributed by atoms with E-state index < -0.39 is 12.2 Å². The summed E-state index contributed by atoms with van der Waals surface area (Å²) < 4.78 is 11.4. The molecule has 1 unspecified atom stereocenters. The first kappa shape index (κ1) is 33.9. The lowest BCUT2D eigenvalue weighted by Crippen LogP contribution is -2.66. The van der Waals surface area contributed by atoms with Crippen molar-refractivity contribution in [1.82, 2.24) is 5.32 Å². The number of ether oxygens (including phenoxy) is 2. The van der Waals surface area contributed by atoms with Crippen LogP contribution in [0.25, 0.3) is 0 Å². The van der Waals surface area contributed by atoms with Gasteiger partial charge in [-0.3, -0.25) is 4.79 Å². The Hall–Kier alpha value is -2.44. The second-order valence-electron chi connectivity index (χ2n) is 15.7. The lowest BCUT2D eigenvalue weighted by molar-refractivity contribution is -0.227. The molecule has 0 heterocycles. The van der Waals surface area contributed by atoms with Gasteiger partial charge in [-0.05, 0) is 116 Å². The van der Waals surface area contributed by atoms with Crippen molar-refractivity contribution in [1.29, 1.82) is 0 Å². The number of benzene rings is 1. The fourth-order valence-corrected chi connectivity index (χ4v) is 11.1. The minimum Gasteiger partial charge on any atom is -0.466 e. The first-order valence-corrected chi connectivity index (χ1v) is 17.3. The number of allylic oxidation sites excluding steroid dienone is 2. The highest BCUT2D eigenvalue weighted by atomic mass is 16.5. The molecule has 0 amide bonds. The molecule has 4 aliphatic carbocycles. The molecule has 4 saturated carbocycles. The van der Waals surface area contributed by atoms with Crippen LogP contribution in [0.1, 0.15) is 105 Å². The van der Waals surface area contributed by atoms with Crippen LogP contribution < -0.4 is 5.32 Å². The maximum atomic E-state index is 13.4. The Morgan fingerprint density at radius 2 is 1.76 bits per heavy atom. The standard InChI is InChI=1S/C39H57NO5/c1-24(2)13-12-16-28(36(43)44-8)34-30-21-32(42)35-37(5)19-18-31(40-23-27-14-10-9-11-15-27)25(3)29(37)17-20-38(35,6)39(30,7)22-33(34)45-26(4)41/h9-11,13-15,25,29-33,35,40,42H,12,16-23H2,1-8H3/b34-28-/t25-,29?,30+,31-,32+,33-,35+,37-,38-,39-/m0/s1. The Morgan fingerprint density at radius 1 is 1.04 bits per heavy atom. The van der Waals surface area contributed by atoms with Gasteiger partial charge in [0.25, 0.3) is 0 Å². The number of fused-ring (bicyclic) bond motifs is 5. The molecule has 1 aromatic carbocycles. The quantitative estimate of drug-likeness (QED) is 0.178. The Balaban J connectivity index is 1.48. The van der Waals surface area contributed by atoms with Crippen molar-refractivity contribution < 1.29 is 24.2 Å². The number of rotatable bonds is 8. The van der Waals surface area contributed by atoms with Crippen molar-refractivity contribution in [2.24, 2.45) is 39.9 Å². The zero-order valence-electron chi connectivity index (χ0n) is 28.9. The number of nitrogens with one attached hydrogen (secondary N) is 1. The monoisotopic (exact) mass is 619 g/mol. The van der Waals surface area contributed by atoms with E-state index in [0.717, 1.165) is 37.8 Å². The molecule has 10 atom stereocenters. The number of carbonyl (C=O) groups is 2. The topological polar surface area (TPSA) is 84.9 Å². The minimum atomic E-state index is -0.496. The van der Waals surface area contributed by atoms with E-state index in [1.807, 2.05) is 0 Å². The van der Waals surface area contributed by atoms with Crippen LogP contribution in [0.4, 0.5) is 0 Å². The van der Waals surface area contributed by atoms with Crippen molar-refractivity contribution in [3.63, 3.8) is 0 Å². The molecule has 248 valence electrons. The third-order valence-electron chi connectivity index (χ3n) is 13.2. The van der Waals surface area contributed by atoms with E-state index in [4.69, 9.17) is 9.47 Å². The highest BCUT2D eigenvalue weighted by Gasteiger charge is 2.70. The first-order valence-electron chi connectivity index (χ1n) is 17.3. The highest BCUT2D eigenvalue weighted by Crippen LogP contribution is 2.74. The van der Waals surface area contributed by atoms with E-state index in [1.165, 1.54) is 25.2 Å². The number of carbonyl (C=O) groups excluding carboxylic acids is 2. The summed E-state index contributed by atoms with van der Waals surface area (Å²) >= 11 is 0. The third-order valence-corrected chi connectivity index (χ3v) is 13.2. The smallest absolute Gasteiger partial charge is 0.333 e. The number of methoxy groups -OCH3 is 1. The molecule has 0 spiro atoms. The average Bonchev–Trinajstić information content (AvgIpc) is 3.26. The molecule has 0 radical (unpaired) electrons. The number of hydrogen-bond acceptors (Lipinski definition) is 6. The van der Waals surface area contributed by atoms with Crippen molar-refractivity contribution in [2.45, 2.75) is 125 Å². The molecule has 2 N–H and O–H groups in total. The Labute approximate surface area is 271 Å². The van der Waals surface area contributed by atoms with Gasteiger partial charge in [0, 0.05) is 25.1 Å². The van der Waals surface area contributed by atoms with E-state index in [2.05, 4.69) is 83.3 Å². The highest BCUT2D eigenvalue weighted by molar-refractivity contribution is 5.90. The molecule has 5 rings (SSSR count). The van der Waals surface area contributed by atoms with E-state index >= 15 is 0 Å². The second-order valence-corrected chi connectivity index (χ2v) is 15.7. The van der Waals surface area contributed by atoms with Crippen molar-refractivity contribution in [2.75, 3.05) is 7.11 Å². The van der Waals surface area contributed by atoms with Gasteiger partial charge >= 0.3 is 11.9 Å². The predicted molar refractivity (Wildman–Crippen MR) is 178 cm³/mol. The van der Waals surface area contributed by atoms with E-state index in [9.17, 15) is 14.7 Å². The van der Waals surface area contributed by atoms with Gasteiger partial charge in [0.1, 0.15) is 6.10 Å². The van der Waals surface area contributed by atoms with Gasteiger partial charge in [0.05, 0.1) is 13.2 Å². The predicted octanol–water partition coefficient (Wildman–Crippen LogP) is 7.55. The van der Waals surface area contributed by atoms with Crippen molar-refractivity contribution >= 4 is 11.9 Å². The summed E-state index contributed by atoms with van der Waals surface area (Å²) in [5, 5.41) is 16.2. The molecule has 0 bridgehead atoms. The summed E-state index contributed by atoms with van der Waals surface area (Å²) in [4.78, 5) is 25.8. The van der Waals surface area contributed by atoms with E-state index in [0.29, 0.717) is 49.1 Å². The molecular weight excluding hydrogens is 562 g/mol. The number of aliphatic hydroxyl groups excluding tert-OH is 1. The Kier molecular flexibility index (Phi) is 9.79. The Bertz CT molecular complexity index is 1320. The number of esters is 2. The van der Waals surface area contributed by atoms with Gasteiger partial charge in [-0.25, -0.2) is 4.79 Å². The normalized spacial score (nSPS) is 40.0. The number of aliphatic hydroxyl groups is 1. The van der Waals surface area contributed by atoms with Gasteiger partial charge in [0.15, 0.2) is 0 Å². The van der Waals surface area contributed by atoms with Crippen molar-refractivity contribution in [3.8, 4) is 0 Å². The fourth-order valence-electron chi connectivity index (χ4n) is 11.1. The van der Waals surface area contributed by atoms with E-state index in [-0.39, 0.29) is 40.0 Å². The number of hydrogen-bond donors (Lipinski definition) is 2. The lowest BCUT2D eigenvalue weighted by atomic mass is 9.36. The van der Waals surface area contributed by atoms with Crippen LogP contribution in [-0.2, 0) is 25.6 Å². The van der Waals surface area contributed by atoms with Crippen LogP contribution in [0.5, 0.6) is 0 Å². The Morgan fingerprint density at radius 3 is 2.40 bits per heavy atom. The molecule has 4 aliphatic rings. The summed E-state index contributed by atoms with van der Waals surface area (Å²) in [6.07, 6.45) is 7.97. The van der Waals surface area contributed by atoms with E-state index in [1.54, 1.807) is 0 Å². The maximum Gasteiger partial charge on any atom is 0.333 e. The van der Waals surface area contributed by atoms with Gasteiger partial charge in [-0.15, -0.1) is 0 Å². The SMILES string of the molecule is COC(=O)/C(CCC=C(C)C)=C1\[C@@H](OC(C)=O)C[C@@]2(C)[C@@H]1C[C@@H](O)[C@@H]1[C@@]3(C)CC[C@H](NCc4ccccc4)[C@@H](C)C3CC[C@@]12C. The molecule has 6 heteroatoms. The van der Waals surface area contributed by atoms with Crippen LogP contribution in [0.2, 0.25) is 0 Å². The van der Waals surface area contributed by atoms with Gasteiger partial charge in [0.2, 0.25) is 0 Å². The first-order chi connectivity index (χ1) is 21.3. The summed E-state index contributed by atoms with van der Waals surface area (Å²) in [5.74, 6) is 0.418. The molecule has 0 saturated heterocycles. The summed E-state index contributed by atoms with van der Waals surface area (Å²) in [6.45, 7) is 16.1. The van der Waals surface area contributed by atoms with Crippen molar-refractivity contribution in [3.05, 3.63) is 58.7 Å². The zero-order chi connectivity index (χ0) is 32.7. The fraction of sp³-hybridized carbons (Fsp3) is 0.692. The molecule has 45 heavy (non-hydrogen) atoms. The molecule has 0 aliphatic heterocycles. The zero-order valence-corrected chi connectivity index (χ0v) is 28.9. The molecule has 6 nitrogen and oxygen atoms in total. The van der Waals surface area contributed by atoms with Gasteiger partial charge < -0.3 is 19.9 Å². The molecule has 1 aromatic rings. The average molecular weight is 620 g/mol. The molecule has 0 aromatic heterocycles. The summed E-state index contributed by atoms with van der Waals surface area (Å²) in [7, 11) is 1.43. The van der Waals surface area contributed by atoms with Crippen LogP contribution in [0.15, 0.2) is 53.1 Å².